The van der Waals surface area contributed by atoms with E-state index in [1.54, 1.807) is 0 Å². The number of non-ortho nitro benzene ring substituents is 1. The fourth-order valence-electron chi connectivity index (χ4n) is 1.82. The van der Waals surface area contributed by atoms with Crippen LogP contribution in [-0.2, 0) is 0 Å². The van der Waals surface area contributed by atoms with Gasteiger partial charge in [-0.05, 0) is 24.3 Å². The molecule has 138 valence electrons. The van der Waals surface area contributed by atoms with Crippen molar-refractivity contribution in [2.24, 2.45) is 0 Å². The monoisotopic (exact) mass is 369 g/mol. The molecule has 0 aliphatic carbocycles. The number of carbonyl (C=O) groups excluding carboxylic acids is 1. The molecule has 1 aromatic carbocycles. The van der Waals surface area contributed by atoms with Gasteiger partial charge in [-0.3, -0.25) is 24.9 Å². The van der Waals surface area contributed by atoms with Gasteiger partial charge in [0.1, 0.15) is 0 Å². The number of nitrogen functional groups attached to an aromatic ring is 1. The maximum Gasteiger partial charge on any atom is 0.269 e. The van der Waals surface area contributed by atoms with Gasteiger partial charge in [0.15, 0.2) is 11.5 Å². The Morgan fingerprint density at radius 3 is 2.07 bits per heavy atom. The van der Waals surface area contributed by atoms with Gasteiger partial charge >= 0.3 is 0 Å². The summed E-state index contributed by atoms with van der Waals surface area (Å²) < 4.78 is 0. The molecule has 0 aliphatic rings. The van der Waals surface area contributed by atoms with E-state index in [9.17, 15) is 20.0 Å². The van der Waals surface area contributed by atoms with Gasteiger partial charge in [0, 0.05) is 30.1 Å². The minimum absolute atomic E-state index is 0.0347. The minimum Gasteiger partial charge on any atom is -0.504 e. The summed E-state index contributed by atoms with van der Waals surface area (Å²) in [5.41, 5.74) is 5.97. The smallest absolute Gasteiger partial charge is 0.269 e. The summed E-state index contributed by atoms with van der Waals surface area (Å²) in [5.74, 6) is -0.596. The Labute approximate surface area is 153 Å². The number of nitro groups is 1. The molecule has 0 saturated heterocycles. The van der Waals surface area contributed by atoms with Crippen molar-refractivity contribution >= 4 is 23.0 Å². The summed E-state index contributed by atoms with van der Waals surface area (Å²) >= 11 is 0. The third kappa shape index (κ3) is 5.39. The van der Waals surface area contributed by atoms with Gasteiger partial charge in [0.05, 0.1) is 28.7 Å². The molecular weight excluding hydrogens is 354 g/mol. The number of hydrogen-bond acceptors (Lipinski definition) is 8. The average molecular weight is 369 g/mol. The number of aromatic nitrogens is 2. The predicted octanol–water partition coefficient (Wildman–Crippen LogP) is 2.32. The molecule has 0 fully saturated rings. The number of anilines is 2. The molecule has 2 heterocycles. The second-order valence-electron chi connectivity index (χ2n) is 5.09. The van der Waals surface area contributed by atoms with Gasteiger partial charge in [0.2, 0.25) is 0 Å². The Morgan fingerprint density at radius 1 is 1.00 bits per heavy atom. The number of nitro benzene ring substituents is 1. The summed E-state index contributed by atoms with van der Waals surface area (Å²) in [4.78, 5) is 29.1. The highest BCUT2D eigenvalue weighted by molar-refractivity contribution is 6.05. The average Bonchev–Trinajstić information content (AvgIpc) is 2.66. The first kappa shape index (κ1) is 19.1. The van der Waals surface area contributed by atoms with E-state index >= 15 is 0 Å². The lowest BCUT2D eigenvalue weighted by Gasteiger charge is -2.06. The first-order valence-corrected chi connectivity index (χ1v) is 7.45. The Balaban J connectivity index is 0.000000273. The normalized spacial score (nSPS) is 9.63. The van der Waals surface area contributed by atoms with Crippen LogP contribution in [0.25, 0.3) is 0 Å². The summed E-state index contributed by atoms with van der Waals surface area (Å²) in [6.07, 6.45) is 5.45. The van der Waals surface area contributed by atoms with Gasteiger partial charge < -0.3 is 21.3 Å². The van der Waals surface area contributed by atoms with E-state index in [1.807, 2.05) is 0 Å². The molecule has 0 radical (unpaired) electrons. The van der Waals surface area contributed by atoms with Crippen LogP contribution in [0, 0.1) is 10.1 Å². The standard InChI is InChI=1S/C12H9N3O4.C5H6N2O/c16-11-7-13-6-5-10(11)14-12(17)8-1-3-9(4-2-8)15(18)19;6-4-1-2-7-3-5(4)8/h1-7,16H,(H,13,14,17);1-3,8H,(H2,6,7). The van der Waals surface area contributed by atoms with E-state index < -0.39 is 10.8 Å². The van der Waals surface area contributed by atoms with Crippen molar-refractivity contribution in [3.8, 4) is 11.5 Å². The molecular formula is C17H15N5O5. The second-order valence-corrected chi connectivity index (χ2v) is 5.09. The number of carbonyl (C=O) groups is 1. The van der Waals surface area contributed by atoms with Crippen molar-refractivity contribution in [2.45, 2.75) is 0 Å². The van der Waals surface area contributed by atoms with E-state index in [2.05, 4.69) is 15.3 Å². The van der Waals surface area contributed by atoms with Crippen LogP contribution in [0.4, 0.5) is 17.1 Å². The van der Waals surface area contributed by atoms with Crippen molar-refractivity contribution in [1.29, 1.82) is 0 Å². The lowest BCUT2D eigenvalue weighted by molar-refractivity contribution is -0.384. The highest BCUT2D eigenvalue weighted by Gasteiger charge is 2.11. The molecule has 0 saturated carbocycles. The topological polar surface area (TPSA) is 165 Å². The molecule has 0 unspecified atom stereocenters. The fraction of sp³-hybridized carbons (Fsp3) is 0. The van der Waals surface area contributed by atoms with Gasteiger partial charge in [-0.15, -0.1) is 0 Å². The number of rotatable bonds is 3. The predicted molar refractivity (Wildman–Crippen MR) is 97.3 cm³/mol. The van der Waals surface area contributed by atoms with E-state index in [0.29, 0.717) is 5.69 Å². The Bertz CT molecular complexity index is 925. The first-order chi connectivity index (χ1) is 12.9. The summed E-state index contributed by atoms with van der Waals surface area (Å²) in [5, 5.41) is 31.1. The molecule has 27 heavy (non-hydrogen) atoms. The molecule has 5 N–H and O–H groups in total. The van der Waals surface area contributed by atoms with Crippen LogP contribution in [-0.4, -0.2) is 31.0 Å². The molecule has 1 amide bonds. The highest BCUT2D eigenvalue weighted by atomic mass is 16.6. The number of amides is 1. The quantitative estimate of drug-likeness (QED) is 0.403. The van der Waals surface area contributed by atoms with Crippen molar-refractivity contribution in [3.63, 3.8) is 0 Å². The lowest BCUT2D eigenvalue weighted by atomic mass is 10.2. The SMILES string of the molecule is Nc1ccncc1O.O=C(Nc1ccncc1O)c1ccc([N+](=O)[O-])cc1. The number of benzene rings is 1. The van der Waals surface area contributed by atoms with Crippen LogP contribution in [0.1, 0.15) is 10.4 Å². The molecule has 0 bridgehead atoms. The van der Waals surface area contributed by atoms with Crippen LogP contribution in [0.15, 0.2) is 61.2 Å². The molecule has 0 atom stereocenters. The summed E-state index contributed by atoms with van der Waals surface area (Å²) in [7, 11) is 0. The summed E-state index contributed by atoms with van der Waals surface area (Å²) in [6.45, 7) is 0. The maximum absolute atomic E-state index is 11.8. The zero-order valence-corrected chi connectivity index (χ0v) is 13.8. The van der Waals surface area contributed by atoms with Crippen molar-refractivity contribution in [1.82, 2.24) is 9.97 Å². The number of pyridine rings is 2. The van der Waals surface area contributed by atoms with Crippen molar-refractivity contribution in [3.05, 3.63) is 76.9 Å². The van der Waals surface area contributed by atoms with Gasteiger partial charge in [-0.25, -0.2) is 0 Å². The third-order valence-corrected chi connectivity index (χ3v) is 3.22. The van der Waals surface area contributed by atoms with Crippen LogP contribution in [0.3, 0.4) is 0 Å². The van der Waals surface area contributed by atoms with Gasteiger partial charge in [-0.1, -0.05) is 0 Å². The molecule has 10 heteroatoms. The van der Waals surface area contributed by atoms with Crippen molar-refractivity contribution in [2.75, 3.05) is 11.1 Å². The van der Waals surface area contributed by atoms with E-state index in [-0.39, 0.29) is 28.4 Å². The molecule has 2 aromatic heterocycles. The van der Waals surface area contributed by atoms with Crippen LogP contribution < -0.4 is 11.1 Å². The minimum atomic E-state index is -0.545. The first-order valence-electron chi connectivity index (χ1n) is 7.45. The van der Waals surface area contributed by atoms with Crippen LogP contribution in [0.2, 0.25) is 0 Å². The molecule has 0 aliphatic heterocycles. The van der Waals surface area contributed by atoms with Crippen LogP contribution in [0.5, 0.6) is 11.5 Å². The molecule has 10 nitrogen and oxygen atoms in total. The fourth-order valence-corrected chi connectivity index (χ4v) is 1.82. The zero-order chi connectivity index (χ0) is 19.8. The van der Waals surface area contributed by atoms with Gasteiger partial charge in [-0.2, -0.15) is 0 Å². The number of nitrogens with zero attached hydrogens (tertiary/aromatic N) is 3. The molecule has 3 rings (SSSR count). The van der Waals surface area contributed by atoms with Crippen molar-refractivity contribution < 1.29 is 19.9 Å². The Hall–Kier alpha value is -4.21. The maximum atomic E-state index is 11.8. The Kier molecular flexibility index (Phi) is 6.20. The third-order valence-electron chi connectivity index (χ3n) is 3.22. The van der Waals surface area contributed by atoms with E-state index in [0.717, 1.165) is 0 Å². The summed E-state index contributed by atoms with van der Waals surface area (Å²) in [6, 6.07) is 8.13. The highest BCUT2D eigenvalue weighted by Crippen LogP contribution is 2.21. The van der Waals surface area contributed by atoms with E-state index in [1.165, 1.54) is 61.2 Å². The number of aromatic hydroxyl groups is 2. The Morgan fingerprint density at radius 2 is 1.59 bits per heavy atom. The molecule has 0 spiro atoms. The van der Waals surface area contributed by atoms with E-state index in [4.69, 9.17) is 10.8 Å². The number of nitrogens with one attached hydrogen (secondary N) is 1. The molecule has 3 aromatic rings. The number of nitrogens with two attached hydrogens (primary N) is 1. The lowest BCUT2D eigenvalue weighted by Crippen LogP contribution is -2.11. The number of hydrogen-bond donors (Lipinski definition) is 4. The second kappa shape index (κ2) is 8.76. The van der Waals surface area contributed by atoms with Gasteiger partial charge in [0.25, 0.3) is 11.6 Å². The zero-order valence-electron chi connectivity index (χ0n) is 13.8. The largest absolute Gasteiger partial charge is 0.504 e. The van der Waals surface area contributed by atoms with Crippen LogP contribution >= 0.6 is 0 Å².